The topological polar surface area (TPSA) is 47.4 Å². The molecule has 2 fully saturated rings. The van der Waals surface area contributed by atoms with Crippen molar-refractivity contribution < 1.29 is 18.3 Å². The van der Waals surface area contributed by atoms with Gasteiger partial charge < -0.3 is 14.2 Å². The molecular weight excluding hydrogens is 328 g/mol. The first-order chi connectivity index (χ1) is 12.0. The number of pyridine rings is 1. The Hall–Kier alpha value is -2.02. The fourth-order valence-corrected chi connectivity index (χ4v) is 4.25. The predicted octanol–water partition coefficient (Wildman–Crippen LogP) is 3.08. The van der Waals surface area contributed by atoms with E-state index < -0.39 is 18.9 Å². The van der Waals surface area contributed by atoms with Crippen molar-refractivity contribution in [1.82, 2.24) is 14.5 Å². The molecule has 2 aromatic rings. The summed E-state index contributed by atoms with van der Waals surface area (Å²) in [5.41, 5.74) is 0.702. The number of carbonyl (C=O) groups excluding carboxylic acids is 1. The van der Waals surface area contributed by atoms with E-state index in [4.69, 9.17) is 4.74 Å². The molecule has 0 aliphatic carbocycles. The standard InChI is InChI=1S/C18H21F2N3O2/c1-22-11-4-5-12(22)8-13(7-11)25-18(24)15-9-23(10-16(19)20)17-14(15)3-2-6-21-17/h2-3,6,9,11-13,16H,4-5,7-8,10H2,1H3/t11-,12+,13+. The molecule has 0 unspecified atom stereocenters. The Labute approximate surface area is 144 Å². The van der Waals surface area contributed by atoms with Gasteiger partial charge in [-0.1, -0.05) is 0 Å². The highest BCUT2D eigenvalue weighted by molar-refractivity contribution is 6.03. The predicted molar refractivity (Wildman–Crippen MR) is 88.7 cm³/mol. The van der Waals surface area contributed by atoms with E-state index in [-0.39, 0.29) is 6.10 Å². The van der Waals surface area contributed by atoms with Crippen LogP contribution in [0.1, 0.15) is 36.0 Å². The highest BCUT2D eigenvalue weighted by Gasteiger charge is 2.40. The summed E-state index contributed by atoms with van der Waals surface area (Å²) in [6.07, 6.45) is 4.33. The Kier molecular flexibility index (Phi) is 4.19. The first-order valence-electron chi connectivity index (χ1n) is 8.68. The van der Waals surface area contributed by atoms with Gasteiger partial charge in [0.1, 0.15) is 11.8 Å². The zero-order valence-electron chi connectivity index (χ0n) is 14.1. The third-order valence-corrected chi connectivity index (χ3v) is 5.52. The number of fused-ring (bicyclic) bond motifs is 3. The molecule has 4 heterocycles. The molecule has 2 aliphatic rings. The van der Waals surface area contributed by atoms with Crippen LogP contribution in [0.15, 0.2) is 24.5 Å². The molecule has 4 rings (SSSR count). The Bertz CT molecular complexity index is 778. The van der Waals surface area contributed by atoms with Crippen LogP contribution in [0.5, 0.6) is 0 Å². The average Bonchev–Trinajstić information content (AvgIpc) is 3.01. The van der Waals surface area contributed by atoms with Gasteiger partial charge in [-0.3, -0.25) is 0 Å². The van der Waals surface area contributed by atoms with Crippen LogP contribution in [0.4, 0.5) is 8.78 Å². The molecule has 2 saturated heterocycles. The number of esters is 1. The molecule has 0 spiro atoms. The lowest BCUT2D eigenvalue weighted by Gasteiger charge is -2.35. The number of hydrogen-bond acceptors (Lipinski definition) is 4. The number of alkyl halides is 2. The van der Waals surface area contributed by atoms with E-state index in [1.165, 1.54) is 17.0 Å². The molecule has 5 nitrogen and oxygen atoms in total. The van der Waals surface area contributed by atoms with Crippen molar-refractivity contribution in [3.63, 3.8) is 0 Å². The molecule has 2 aliphatic heterocycles. The molecule has 0 amide bonds. The van der Waals surface area contributed by atoms with Crippen LogP contribution in [-0.4, -0.2) is 52.1 Å². The van der Waals surface area contributed by atoms with E-state index >= 15 is 0 Å². The normalized spacial score (nSPS) is 26.5. The minimum absolute atomic E-state index is 0.105. The lowest BCUT2D eigenvalue weighted by atomic mass is 10.0. The van der Waals surface area contributed by atoms with Gasteiger partial charge in [0.2, 0.25) is 0 Å². The molecule has 7 heteroatoms. The SMILES string of the molecule is CN1[C@@H]2CC[C@H]1C[C@@H](OC(=O)c1cn(CC(F)F)c3ncccc13)C2. The number of piperidine rings is 1. The molecule has 3 atom stereocenters. The molecule has 2 aromatic heterocycles. The molecule has 25 heavy (non-hydrogen) atoms. The monoisotopic (exact) mass is 349 g/mol. The van der Waals surface area contributed by atoms with Crippen LogP contribution in [0.3, 0.4) is 0 Å². The fourth-order valence-electron chi connectivity index (χ4n) is 4.25. The number of nitrogens with zero attached hydrogens (tertiary/aromatic N) is 3. The number of rotatable bonds is 4. The summed E-state index contributed by atoms with van der Waals surface area (Å²) in [7, 11) is 2.13. The van der Waals surface area contributed by atoms with E-state index in [2.05, 4.69) is 16.9 Å². The number of aromatic nitrogens is 2. The average molecular weight is 349 g/mol. The van der Waals surface area contributed by atoms with E-state index in [0.717, 1.165) is 25.7 Å². The summed E-state index contributed by atoms with van der Waals surface area (Å²) in [6, 6.07) is 4.36. The van der Waals surface area contributed by atoms with Gasteiger partial charge in [0.15, 0.2) is 0 Å². The van der Waals surface area contributed by atoms with Crippen LogP contribution in [0.2, 0.25) is 0 Å². The lowest BCUT2D eigenvalue weighted by molar-refractivity contribution is -0.000318. The fraction of sp³-hybridized carbons (Fsp3) is 0.556. The largest absolute Gasteiger partial charge is 0.459 e. The Morgan fingerprint density at radius 1 is 1.36 bits per heavy atom. The van der Waals surface area contributed by atoms with Crippen molar-refractivity contribution in [2.75, 3.05) is 7.05 Å². The maximum Gasteiger partial charge on any atom is 0.340 e. The van der Waals surface area contributed by atoms with Crippen LogP contribution in [0, 0.1) is 0 Å². The summed E-state index contributed by atoms with van der Waals surface area (Å²) >= 11 is 0. The van der Waals surface area contributed by atoms with Gasteiger partial charge >= 0.3 is 5.97 Å². The summed E-state index contributed by atoms with van der Waals surface area (Å²) in [6.45, 7) is -0.487. The van der Waals surface area contributed by atoms with E-state index in [9.17, 15) is 13.6 Å². The van der Waals surface area contributed by atoms with Gasteiger partial charge in [0.25, 0.3) is 6.43 Å². The maximum absolute atomic E-state index is 12.8. The van der Waals surface area contributed by atoms with E-state index in [1.807, 2.05) is 0 Å². The highest BCUT2D eigenvalue weighted by Crippen LogP contribution is 2.36. The van der Waals surface area contributed by atoms with Crippen molar-refractivity contribution in [3.8, 4) is 0 Å². The number of hydrogen-bond donors (Lipinski definition) is 0. The van der Waals surface area contributed by atoms with Crippen molar-refractivity contribution in [3.05, 3.63) is 30.1 Å². The first-order valence-corrected chi connectivity index (χ1v) is 8.68. The smallest absolute Gasteiger partial charge is 0.340 e. The quantitative estimate of drug-likeness (QED) is 0.796. The molecular formula is C18H21F2N3O2. The van der Waals surface area contributed by atoms with Crippen LogP contribution in [-0.2, 0) is 11.3 Å². The van der Waals surface area contributed by atoms with Crippen LogP contribution < -0.4 is 0 Å². The van der Waals surface area contributed by atoms with Gasteiger partial charge in [-0.25, -0.2) is 18.6 Å². The number of carbonyl (C=O) groups is 1. The van der Waals surface area contributed by atoms with Crippen molar-refractivity contribution >= 4 is 17.0 Å². The van der Waals surface area contributed by atoms with Gasteiger partial charge in [0, 0.05) is 42.7 Å². The molecule has 0 radical (unpaired) electrons. The maximum atomic E-state index is 12.8. The van der Waals surface area contributed by atoms with E-state index in [1.54, 1.807) is 12.1 Å². The summed E-state index contributed by atoms with van der Waals surface area (Å²) < 4.78 is 32.7. The Morgan fingerprint density at radius 2 is 2.08 bits per heavy atom. The second-order valence-corrected chi connectivity index (χ2v) is 7.01. The summed E-state index contributed by atoms with van der Waals surface area (Å²) in [5, 5.41) is 0.559. The van der Waals surface area contributed by atoms with Gasteiger partial charge in [-0.05, 0) is 32.0 Å². The zero-order chi connectivity index (χ0) is 17.6. The highest BCUT2D eigenvalue weighted by atomic mass is 19.3. The molecule has 2 bridgehead atoms. The molecule has 0 saturated carbocycles. The van der Waals surface area contributed by atoms with Crippen molar-refractivity contribution in [2.24, 2.45) is 0 Å². The summed E-state index contributed by atoms with van der Waals surface area (Å²) in [4.78, 5) is 19.2. The lowest BCUT2D eigenvalue weighted by Crippen LogP contribution is -2.43. The van der Waals surface area contributed by atoms with Gasteiger partial charge in [0.05, 0.1) is 12.1 Å². The van der Waals surface area contributed by atoms with Gasteiger partial charge in [-0.2, -0.15) is 0 Å². The number of halogens is 2. The minimum Gasteiger partial charge on any atom is -0.459 e. The Balaban J connectivity index is 1.56. The summed E-state index contributed by atoms with van der Waals surface area (Å²) in [5.74, 6) is -0.444. The van der Waals surface area contributed by atoms with Crippen LogP contribution in [0.25, 0.3) is 11.0 Å². The zero-order valence-corrected chi connectivity index (χ0v) is 14.1. The Morgan fingerprint density at radius 3 is 2.76 bits per heavy atom. The van der Waals surface area contributed by atoms with Crippen molar-refractivity contribution in [1.29, 1.82) is 0 Å². The van der Waals surface area contributed by atoms with Crippen LogP contribution >= 0.6 is 0 Å². The third kappa shape index (κ3) is 3.01. The van der Waals surface area contributed by atoms with E-state index in [0.29, 0.717) is 28.7 Å². The minimum atomic E-state index is -2.51. The molecule has 0 aromatic carbocycles. The second kappa shape index (κ2) is 6.37. The first kappa shape index (κ1) is 16.4. The van der Waals surface area contributed by atoms with Gasteiger partial charge in [-0.15, -0.1) is 0 Å². The molecule has 134 valence electrons. The molecule has 0 N–H and O–H groups in total. The second-order valence-electron chi connectivity index (χ2n) is 7.01. The third-order valence-electron chi connectivity index (χ3n) is 5.52. The van der Waals surface area contributed by atoms with Crippen molar-refractivity contribution in [2.45, 2.75) is 56.8 Å². The number of ether oxygens (including phenoxy) is 1.